The number of nitrogens with zero attached hydrogens (tertiary/aromatic N) is 1. The van der Waals surface area contributed by atoms with Gasteiger partial charge in [-0.25, -0.2) is 4.98 Å². The maximum Gasteiger partial charge on any atom is 0.320 e. The van der Waals surface area contributed by atoms with Crippen LogP contribution in [0.25, 0.3) is 0 Å². The Balaban J connectivity index is 2.85. The van der Waals surface area contributed by atoms with Gasteiger partial charge in [0.1, 0.15) is 11.2 Å². The minimum Gasteiger partial charge on any atom is -0.480 e. The summed E-state index contributed by atoms with van der Waals surface area (Å²) in [6.45, 7) is 0. The number of carbonyl (C=O) groups is 1. The Labute approximate surface area is 90.6 Å². The van der Waals surface area contributed by atoms with E-state index in [9.17, 15) is 4.79 Å². The van der Waals surface area contributed by atoms with Crippen molar-refractivity contribution in [3.8, 4) is 0 Å². The summed E-state index contributed by atoms with van der Waals surface area (Å²) < 4.78 is 0. The van der Waals surface area contributed by atoms with Crippen LogP contribution in [0.5, 0.6) is 0 Å². The van der Waals surface area contributed by atoms with Crippen molar-refractivity contribution in [3.05, 3.63) is 28.0 Å². The molecule has 0 fully saturated rings. The summed E-state index contributed by atoms with van der Waals surface area (Å²) in [4.78, 5) is 14.3. The number of aromatic nitrogens is 1. The first kappa shape index (κ1) is 11.2. The van der Waals surface area contributed by atoms with Crippen LogP contribution in [0.3, 0.4) is 0 Å². The molecule has 0 aliphatic heterocycles. The molecule has 0 aliphatic rings. The molecule has 0 unspecified atom stereocenters. The second kappa shape index (κ2) is 4.59. The average Bonchev–Trinajstić information content (AvgIpc) is 2.11. The van der Waals surface area contributed by atoms with E-state index in [0.717, 1.165) is 0 Å². The van der Waals surface area contributed by atoms with Gasteiger partial charge in [-0.3, -0.25) is 4.79 Å². The lowest BCUT2D eigenvalue weighted by Crippen LogP contribution is -2.32. The quantitative estimate of drug-likeness (QED) is 0.775. The SMILES string of the molecule is N[C@@H](Cc1cc(Cl)cnc1Cl)C(=O)O. The third kappa shape index (κ3) is 2.83. The predicted molar refractivity (Wildman–Crippen MR) is 53.6 cm³/mol. The zero-order valence-electron chi connectivity index (χ0n) is 7.08. The third-order valence-corrected chi connectivity index (χ3v) is 2.18. The maximum atomic E-state index is 10.5. The molecule has 0 amide bonds. The van der Waals surface area contributed by atoms with E-state index in [-0.39, 0.29) is 11.6 Å². The number of pyridine rings is 1. The van der Waals surface area contributed by atoms with Gasteiger partial charge in [0.2, 0.25) is 0 Å². The number of carboxylic acids is 1. The fourth-order valence-corrected chi connectivity index (χ4v) is 1.29. The molecule has 0 spiro atoms. The van der Waals surface area contributed by atoms with Crippen LogP contribution in [0.2, 0.25) is 10.2 Å². The van der Waals surface area contributed by atoms with Crippen molar-refractivity contribution in [2.45, 2.75) is 12.5 Å². The normalized spacial score (nSPS) is 12.5. The number of hydrogen-bond donors (Lipinski definition) is 2. The standard InChI is InChI=1S/C8H8Cl2N2O2/c9-5-1-4(7(10)12-3-5)2-6(11)8(13)14/h1,3,6H,2,11H2,(H,13,14)/t6-/m0/s1. The summed E-state index contributed by atoms with van der Waals surface area (Å²) in [6.07, 6.45) is 1.50. The predicted octanol–water partition coefficient (Wildman–Crippen LogP) is 1.34. The molecule has 1 aromatic rings. The van der Waals surface area contributed by atoms with Gasteiger partial charge in [-0.2, -0.15) is 0 Å². The lowest BCUT2D eigenvalue weighted by Gasteiger charge is -2.07. The molecular formula is C8H8Cl2N2O2. The van der Waals surface area contributed by atoms with Crippen LogP contribution < -0.4 is 5.73 Å². The van der Waals surface area contributed by atoms with Gasteiger partial charge in [-0.1, -0.05) is 23.2 Å². The van der Waals surface area contributed by atoms with E-state index in [1.165, 1.54) is 6.20 Å². The van der Waals surface area contributed by atoms with Gasteiger partial charge in [0.25, 0.3) is 0 Å². The smallest absolute Gasteiger partial charge is 0.320 e. The largest absolute Gasteiger partial charge is 0.480 e. The number of halogens is 2. The molecule has 1 atom stereocenters. The molecule has 0 bridgehead atoms. The van der Waals surface area contributed by atoms with Crippen LogP contribution in [0.1, 0.15) is 5.56 Å². The zero-order valence-corrected chi connectivity index (χ0v) is 8.59. The second-order valence-corrected chi connectivity index (χ2v) is 3.55. The van der Waals surface area contributed by atoms with Crippen molar-refractivity contribution in [1.29, 1.82) is 0 Å². The van der Waals surface area contributed by atoms with Gasteiger partial charge in [-0.05, 0) is 11.6 Å². The highest BCUT2D eigenvalue weighted by Gasteiger charge is 2.14. The summed E-state index contributed by atoms with van der Waals surface area (Å²) in [5, 5.41) is 9.21. The van der Waals surface area contributed by atoms with E-state index in [1.807, 2.05) is 0 Å². The summed E-state index contributed by atoms with van der Waals surface area (Å²) in [7, 11) is 0. The van der Waals surface area contributed by atoms with Crippen LogP contribution in [0, 0.1) is 0 Å². The number of nitrogens with two attached hydrogens (primary N) is 1. The van der Waals surface area contributed by atoms with Crippen LogP contribution in [0.4, 0.5) is 0 Å². The molecule has 0 aliphatic carbocycles. The van der Waals surface area contributed by atoms with E-state index in [0.29, 0.717) is 10.6 Å². The van der Waals surface area contributed by atoms with Crippen LogP contribution in [-0.4, -0.2) is 22.1 Å². The van der Waals surface area contributed by atoms with E-state index in [2.05, 4.69) is 4.98 Å². The maximum absolute atomic E-state index is 10.5. The van der Waals surface area contributed by atoms with Gasteiger partial charge in [0, 0.05) is 12.6 Å². The monoisotopic (exact) mass is 234 g/mol. The van der Waals surface area contributed by atoms with Crippen LogP contribution >= 0.6 is 23.2 Å². The summed E-state index contributed by atoms with van der Waals surface area (Å²) in [5.41, 5.74) is 5.87. The summed E-state index contributed by atoms with van der Waals surface area (Å²) in [6, 6.07) is 0.562. The van der Waals surface area contributed by atoms with Crippen molar-refractivity contribution in [2.24, 2.45) is 5.73 Å². The molecule has 76 valence electrons. The van der Waals surface area contributed by atoms with Gasteiger partial charge >= 0.3 is 5.97 Å². The van der Waals surface area contributed by atoms with Gasteiger partial charge < -0.3 is 10.8 Å². The Morgan fingerprint density at radius 1 is 1.64 bits per heavy atom. The highest BCUT2D eigenvalue weighted by Crippen LogP contribution is 2.18. The lowest BCUT2D eigenvalue weighted by molar-refractivity contribution is -0.138. The first-order valence-corrected chi connectivity index (χ1v) is 4.54. The number of carboxylic acid groups (broad SMARTS) is 1. The Morgan fingerprint density at radius 2 is 2.29 bits per heavy atom. The molecular weight excluding hydrogens is 227 g/mol. The van der Waals surface area contributed by atoms with Crippen molar-refractivity contribution < 1.29 is 9.90 Å². The average molecular weight is 235 g/mol. The molecule has 0 radical (unpaired) electrons. The Hall–Kier alpha value is -0.840. The molecule has 1 rings (SSSR count). The highest BCUT2D eigenvalue weighted by molar-refractivity contribution is 6.32. The van der Waals surface area contributed by atoms with Crippen molar-refractivity contribution in [3.63, 3.8) is 0 Å². The van der Waals surface area contributed by atoms with E-state index < -0.39 is 12.0 Å². The van der Waals surface area contributed by atoms with Gasteiger partial charge in [0.05, 0.1) is 5.02 Å². The second-order valence-electron chi connectivity index (χ2n) is 2.75. The molecule has 1 aromatic heterocycles. The van der Waals surface area contributed by atoms with Gasteiger partial charge in [-0.15, -0.1) is 0 Å². The van der Waals surface area contributed by atoms with Crippen molar-refractivity contribution in [2.75, 3.05) is 0 Å². The molecule has 14 heavy (non-hydrogen) atoms. The Kier molecular flexibility index (Phi) is 3.69. The van der Waals surface area contributed by atoms with E-state index >= 15 is 0 Å². The minimum absolute atomic E-state index is 0.113. The molecule has 1 heterocycles. The number of hydrogen-bond acceptors (Lipinski definition) is 3. The fraction of sp³-hybridized carbons (Fsp3) is 0.250. The fourth-order valence-electron chi connectivity index (χ4n) is 0.932. The van der Waals surface area contributed by atoms with Crippen molar-refractivity contribution >= 4 is 29.2 Å². The molecule has 3 N–H and O–H groups in total. The van der Waals surface area contributed by atoms with Crippen molar-refractivity contribution in [1.82, 2.24) is 4.98 Å². The number of rotatable bonds is 3. The Morgan fingerprint density at radius 3 is 2.86 bits per heavy atom. The number of aliphatic carboxylic acids is 1. The summed E-state index contributed by atoms with van der Waals surface area (Å²) in [5.74, 6) is -1.08. The Bertz CT molecular complexity index is 357. The van der Waals surface area contributed by atoms with Crippen LogP contribution in [0.15, 0.2) is 12.3 Å². The van der Waals surface area contributed by atoms with Crippen LogP contribution in [-0.2, 0) is 11.2 Å². The lowest BCUT2D eigenvalue weighted by atomic mass is 10.1. The molecule has 0 saturated carbocycles. The summed E-state index contributed by atoms with van der Waals surface area (Å²) >= 11 is 11.4. The van der Waals surface area contributed by atoms with E-state index in [4.69, 9.17) is 34.0 Å². The van der Waals surface area contributed by atoms with E-state index in [1.54, 1.807) is 6.07 Å². The molecule has 4 nitrogen and oxygen atoms in total. The first-order chi connectivity index (χ1) is 6.50. The first-order valence-electron chi connectivity index (χ1n) is 3.79. The molecule has 0 saturated heterocycles. The minimum atomic E-state index is -1.08. The zero-order chi connectivity index (χ0) is 10.7. The third-order valence-electron chi connectivity index (χ3n) is 1.64. The topological polar surface area (TPSA) is 76.2 Å². The van der Waals surface area contributed by atoms with Gasteiger partial charge in [0.15, 0.2) is 0 Å². The molecule has 6 heteroatoms. The molecule has 0 aromatic carbocycles. The highest BCUT2D eigenvalue weighted by atomic mass is 35.5.